The van der Waals surface area contributed by atoms with Crippen molar-refractivity contribution in [2.45, 2.75) is 33.6 Å². The molecule has 2 fully saturated rings. The summed E-state index contributed by atoms with van der Waals surface area (Å²) in [4.78, 5) is 11.7. The average Bonchev–Trinajstić information content (AvgIpc) is 2.17. The fraction of sp³-hybridized carbons (Fsp3) is 0.900. The highest BCUT2D eigenvalue weighted by Crippen LogP contribution is 2.57. The number of carbonyl (C=O) groups excluding carboxylic acids is 1. The molecule has 1 heterocycles. The average molecular weight is 167 g/mol. The normalized spacial score (nSPS) is 44.2. The molecule has 1 N–H and O–H groups in total. The molecule has 1 saturated carbocycles. The third kappa shape index (κ3) is 0.686. The number of nitrogens with one attached hydrogen (secondary N) is 1. The Hall–Kier alpha value is -0.530. The summed E-state index contributed by atoms with van der Waals surface area (Å²) in [7, 11) is 0. The maximum Gasteiger partial charge on any atom is 0.226 e. The lowest BCUT2D eigenvalue weighted by Gasteiger charge is -2.44. The van der Waals surface area contributed by atoms with Crippen molar-refractivity contribution in [1.29, 1.82) is 0 Å². The third-order valence-electron chi connectivity index (χ3n) is 4.45. The Kier molecular flexibility index (Phi) is 1.37. The molecule has 1 amide bonds. The fourth-order valence-electron chi connectivity index (χ4n) is 2.77. The minimum Gasteiger partial charge on any atom is -0.355 e. The number of hydrogen-bond acceptors (Lipinski definition) is 1. The second-order valence-electron chi connectivity index (χ2n) is 5.00. The molecule has 2 nitrogen and oxygen atoms in total. The summed E-state index contributed by atoms with van der Waals surface area (Å²) in [6, 6.07) is 0. The summed E-state index contributed by atoms with van der Waals surface area (Å²) in [5.41, 5.74) is 0.102. The molecule has 1 unspecified atom stereocenters. The summed E-state index contributed by atoms with van der Waals surface area (Å²) in [6.07, 6.45) is 2.28. The Morgan fingerprint density at radius 1 is 1.42 bits per heavy atom. The van der Waals surface area contributed by atoms with Gasteiger partial charge in [-0.3, -0.25) is 4.79 Å². The van der Waals surface area contributed by atoms with Gasteiger partial charge in [-0.1, -0.05) is 20.8 Å². The van der Waals surface area contributed by atoms with E-state index in [9.17, 15) is 4.79 Å². The summed E-state index contributed by atoms with van der Waals surface area (Å²) >= 11 is 0. The highest BCUT2D eigenvalue weighted by Gasteiger charge is 2.58. The van der Waals surface area contributed by atoms with Crippen molar-refractivity contribution in [3.05, 3.63) is 0 Å². The minimum atomic E-state index is -0.101. The summed E-state index contributed by atoms with van der Waals surface area (Å²) in [5.74, 6) is 0.960. The van der Waals surface area contributed by atoms with E-state index in [2.05, 4.69) is 26.1 Å². The van der Waals surface area contributed by atoms with Gasteiger partial charge in [-0.25, -0.2) is 0 Å². The van der Waals surface area contributed by atoms with Crippen LogP contribution in [0.3, 0.4) is 0 Å². The van der Waals surface area contributed by atoms with Crippen molar-refractivity contribution in [2.24, 2.45) is 16.7 Å². The van der Waals surface area contributed by atoms with Gasteiger partial charge in [-0.05, 0) is 24.2 Å². The largest absolute Gasteiger partial charge is 0.355 e. The lowest BCUT2D eigenvalue weighted by molar-refractivity contribution is -0.139. The quantitative estimate of drug-likeness (QED) is 0.583. The van der Waals surface area contributed by atoms with Gasteiger partial charge in [0.1, 0.15) is 0 Å². The lowest BCUT2D eigenvalue weighted by atomic mass is 9.63. The van der Waals surface area contributed by atoms with Gasteiger partial charge in [0.2, 0.25) is 5.91 Å². The predicted molar refractivity (Wildman–Crippen MR) is 47.6 cm³/mol. The smallest absolute Gasteiger partial charge is 0.226 e. The molecule has 0 aromatic heterocycles. The molecule has 1 aliphatic heterocycles. The lowest BCUT2D eigenvalue weighted by Crippen LogP contribution is -2.54. The van der Waals surface area contributed by atoms with E-state index >= 15 is 0 Å². The first kappa shape index (κ1) is 8.09. The zero-order chi connectivity index (χ0) is 8.98. The van der Waals surface area contributed by atoms with Crippen LogP contribution in [0.2, 0.25) is 0 Å². The Morgan fingerprint density at radius 3 is 2.67 bits per heavy atom. The van der Waals surface area contributed by atoms with Gasteiger partial charge in [0.05, 0.1) is 5.41 Å². The van der Waals surface area contributed by atoms with Gasteiger partial charge >= 0.3 is 0 Å². The van der Waals surface area contributed by atoms with Crippen LogP contribution in [0.15, 0.2) is 0 Å². The highest BCUT2D eigenvalue weighted by molar-refractivity contribution is 5.84. The molecule has 12 heavy (non-hydrogen) atoms. The Morgan fingerprint density at radius 2 is 2.08 bits per heavy atom. The van der Waals surface area contributed by atoms with Gasteiger partial charge in [0, 0.05) is 6.54 Å². The summed E-state index contributed by atoms with van der Waals surface area (Å²) < 4.78 is 0. The maximum atomic E-state index is 11.7. The van der Waals surface area contributed by atoms with Crippen molar-refractivity contribution in [3.8, 4) is 0 Å². The molecule has 0 spiro atoms. The van der Waals surface area contributed by atoms with E-state index < -0.39 is 0 Å². The number of hydrogen-bond donors (Lipinski definition) is 1. The summed E-state index contributed by atoms with van der Waals surface area (Å²) in [6.45, 7) is 7.48. The molecule has 1 saturated heterocycles. The topological polar surface area (TPSA) is 29.1 Å². The maximum absolute atomic E-state index is 11.7. The van der Waals surface area contributed by atoms with Crippen LogP contribution in [0, 0.1) is 16.7 Å². The molecule has 0 aromatic rings. The van der Waals surface area contributed by atoms with Gasteiger partial charge in [-0.15, -0.1) is 0 Å². The first-order valence-electron chi connectivity index (χ1n) is 4.77. The molecule has 2 aliphatic rings. The van der Waals surface area contributed by atoms with Crippen LogP contribution in [0.1, 0.15) is 33.6 Å². The minimum absolute atomic E-state index is 0.101. The number of piperidine rings is 1. The molecule has 2 rings (SSSR count). The van der Waals surface area contributed by atoms with Crippen molar-refractivity contribution in [3.63, 3.8) is 0 Å². The zero-order valence-corrected chi connectivity index (χ0v) is 8.11. The fourth-order valence-corrected chi connectivity index (χ4v) is 2.77. The van der Waals surface area contributed by atoms with Gasteiger partial charge in [0.25, 0.3) is 0 Å². The number of fused-ring (bicyclic) bond motifs is 2. The van der Waals surface area contributed by atoms with E-state index in [1.54, 1.807) is 0 Å². The molecule has 68 valence electrons. The standard InChI is InChI=1S/C10H17NO/c1-9(2)7-4-5-10(9,3)8(12)11-6-7/h7H,4-6H2,1-3H3,(H,11,12)/t7?,10-/m0/s1. The second-order valence-corrected chi connectivity index (χ2v) is 5.00. The first-order chi connectivity index (χ1) is 5.48. The van der Waals surface area contributed by atoms with Crippen LogP contribution in [-0.4, -0.2) is 12.5 Å². The van der Waals surface area contributed by atoms with E-state index in [1.807, 2.05) is 0 Å². The molecule has 1 aliphatic carbocycles. The molecule has 2 heteroatoms. The van der Waals surface area contributed by atoms with Crippen LogP contribution in [0.4, 0.5) is 0 Å². The van der Waals surface area contributed by atoms with Crippen molar-refractivity contribution in [1.82, 2.24) is 5.32 Å². The summed E-state index contributed by atoms with van der Waals surface area (Å²) in [5, 5.41) is 3.00. The molecule has 2 atom stereocenters. The Balaban J connectivity index is 2.43. The van der Waals surface area contributed by atoms with E-state index in [0.717, 1.165) is 13.0 Å². The molecule has 2 bridgehead atoms. The Labute approximate surface area is 73.7 Å². The monoisotopic (exact) mass is 167 g/mol. The van der Waals surface area contributed by atoms with Crippen molar-refractivity contribution < 1.29 is 4.79 Å². The van der Waals surface area contributed by atoms with Gasteiger partial charge < -0.3 is 5.32 Å². The van der Waals surface area contributed by atoms with Gasteiger partial charge in [0.15, 0.2) is 0 Å². The predicted octanol–water partition coefficient (Wildman–Crippen LogP) is 1.56. The van der Waals surface area contributed by atoms with E-state index in [-0.39, 0.29) is 16.7 Å². The van der Waals surface area contributed by atoms with Gasteiger partial charge in [-0.2, -0.15) is 0 Å². The van der Waals surface area contributed by atoms with Crippen LogP contribution in [-0.2, 0) is 4.79 Å². The molecular weight excluding hydrogens is 150 g/mol. The van der Waals surface area contributed by atoms with Crippen LogP contribution >= 0.6 is 0 Å². The van der Waals surface area contributed by atoms with E-state index in [0.29, 0.717) is 5.92 Å². The first-order valence-corrected chi connectivity index (χ1v) is 4.77. The number of amides is 1. The van der Waals surface area contributed by atoms with Crippen molar-refractivity contribution >= 4 is 5.91 Å². The highest BCUT2D eigenvalue weighted by atomic mass is 16.2. The van der Waals surface area contributed by atoms with Crippen molar-refractivity contribution in [2.75, 3.05) is 6.54 Å². The van der Waals surface area contributed by atoms with Crippen LogP contribution in [0.25, 0.3) is 0 Å². The van der Waals surface area contributed by atoms with Crippen LogP contribution < -0.4 is 5.32 Å². The van der Waals surface area contributed by atoms with Crippen LogP contribution in [0.5, 0.6) is 0 Å². The SMILES string of the molecule is CC1(C)C2CC[C@@]1(C)C(=O)NC2. The van der Waals surface area contributed by atoms with E-state index in [1.165, 1.54) is 6.42 Å². The second kappa shape index (κ2) is 2.04. The van der Waals surface area contributed by atoms with E-state index in [4.69, 9.17) is 0 Å². The number of rotatable bonds is 0. The molecule has 0 aromatic carbocycles. The third-order valence-corrected chi connectivity index (χ3v) is 4.45. The zero-order valence-electron chi connectivity index (χ0n) is 8.11. The Bertz CT molecular complexity index is 234. The number of carbonyl (C=O) groups is 1. The molecule has 0 radical (unpaired) electrons. The molecular formula is C10H17NO.